The highest BCUT2D eigenvalue weighted by atomic mass is 16.5. The summed E-state index contributed by atoms with van der Waals surface area (Å²) in [6.45, 7) is 6.04. The molecular weight excluding hydrogens is 340 g/mol. The van der Waals surface area contributed by atoms with Crippen LogP contribution in [0.15, 0.2) is 54.9 Å². The zero-order chi connectivity index (χ0) is 19.2. The van der Waals surface area contributed by atoms with E-state index in [1.54, 1.807) is 7.11 Å². The van der Waals surface area contributed by atoms with E-state index in [0.29, 0.717) is 11.6 Å². The Morgan fingerprint density at radius 3 is 2.26 bits per heavy atom. The van der Waals surface area contributed by atoms with Crippen LogP contribution in [0.25, 0.3) is 0 Å². The van der Waals surface area contributed by atoms with Gasteiger partial charge in [-0.1, -0.05) is 6.07 Å². The van der Waals surface area contributed by atoms with Crippen molar-refractivity contribution in [2.45, 2.75) is 26.9 Å². The number of nitrogens with one attached hydrogen (secondary N) is 2. The summed E-state index contributed by atoms with van der Waals surface area (Å²) in [5, 5.41) is 6.56. The van der Waals surface area contributed by atoms with Crippen molar-refractivity contribution in [2.75, 3.05) is 17.7 Å². The largest absolute Gasteiger partial charge is 0.495 e. The number of benzene rings is 2. The number of rotatable bonds is 7. The fourth-order valence-corrected chi connectivity index (χ4v) is 2.59. The molecule has 0 aliphatic rings. The van der Waals surface area contributed by atoms with E-state index in [4.69, 9.17) is 9.47 Å². The van der Waals surface area contributed by atoms with E-state index < -0.39 is 0 Å². The molecule has 0 saturated heterocycles. The van der Waals surface area contributed by atoms with Gasteiger partial charge in [-0.2, -0.15) is 0 Å². The van der Waals surface area contributed by atoms with Crippen LogP contribution in [0.1, 0.15) is 19.4 Å². The maximum absolute atomic E-state index is 5.66. The lowest BCUT2D eigenvalue weighted by molar-refractivity contribution is 0.242. The minimum absolute atomic E-state index is 0.151. The Morgan fingerprint density at radius 1 is 0.889 bits per heavy atom. The smallest absolute Gasteiger partial charge is 0.142 e. The fraction of sp³-hybridized carbons (Fsp3) is 0.238. The Balaban J connectivity index is 1.73. The third kappa shape index (κ3) is 5.10. The lowest BCUT2D eigenvalue weighted by Crippen LogP contribution is -2.05. The minimum Gasteiger partial charge on any atom is -0.495 e. The van der Waals surface area contributed by atoms with E-state index in [2.05, 4.69) is 20.6 Å². The summed E-state index contributed by atoms with van der Waals surface area (Å²) in [5.74, 6) is 2.97. The second-order valence-electron chi connectivity index (χ2n) is 6.43. The first-order valence-electron chi connectivity index (χ1n) is 8.81. The van der Waals surface area contributed by atoms with Crippen molar-refractivity contribution in [1.29, 1.82) is 0 Å². The monoisotopic (exact) mass is 364 g/mol. The number of anilines is 4. The van der Waals surface area contributed by atoms with Gasteiger partial charge in [0.15, 0.2) is 0 Å². The molecule has 0 radical (unpaired) electrons. The molecule has 1 heterocycles. The van der Waals surface area contributed by atoms with Gasteiger partial charge in [-0.3, -0.25) is 0 Å². The molecule has 1 aromatic heterocycles. The molecule has 0 spiro atoms. The van der Waals surface area contributed by atoms with Gasteiger partial charge in [0, 0.05) is 11.8 Å². The van der Waals surface area contributed by atoms with E-state index in [-0.39, 0.29) is 6.10 Å². The molecule has 0 saturated carbocycles. The number of hydrogen-bond donors (Lipinski definition) is 2. The summed E-state index contributed by atoms with van der Waals surface area (Å²) < 4.78 is 11.1. The van der Waals surface area contributed by atoms with Crippen molar-refractivity contribution in [3.05, 3.63) is 60.4 Å². The quantitative estimate of drug-likeness (QED) is 0.610. The molecule has 140 valence electrons. The van der Waals surface area contributed by atoms with E-state index in [1.807, 2.05) is 69.3 Å². The second kappa shape index (κ2) is 8.40. The molecule has 6 heteroatoms. The van der Waals surface area contributed by atoms with Gasteiger partial charge in [-0.05, 0) is 62.7 Å². The number of ether oxygens (including phenoxy) is 2. The van der Waals surface area contributed by atoms with E-state index in [1.165, 1.54) is 6.33 Å². The molecule has 0 unspecified atom stereocenters. The average Bonchev–Trinajstić information content (AvgIpc) is 2.63. The average molecular weight is 364 g/mol. The Bertz CT molecular complexity index is 895. The Morgan fingerprint density at radius 2 is 1.59 bits per heavy atom. The molecule has 2 aromatic carbocycles. The van der Waals surface area contributed by atoms with E-state index in [9.17, 15) is 0 Å². The molecule has 3 aromatic rings. The van der Waals surface area contributed by atoms with Crippen LogP contribution in [0.2, 0.25) is 0 Å². The first-order valence-corrected chi connectivity index (χ1v) is 8.81. The third-order valence-corrected chi connectivity index (χ3v) is 3.78. The second-order valence-corrected chi connectivity index (χ2v) is 6.43. The number of hydrogen-bond acceptors (Lipinski definition) is 6. The molecule has 27 heavy (non-hydrogen) atoms. The fourth-order valence-electron chi connectivity index (χ4n) is 2.59. The van der Waals surface area contributed by atoms with Gasteiger partial charge >= 0.3 is 0 Å². The number of aromatic nitrogens is 2. The van der Waals surface area contributed by atoms with E-state index >= 15 is 0 Å². The highest BCUT2D eigenvalue weighted by Crippen LogP contribution is 2.28. The maximum atomic E-state index is 5.66. The van der Waals surface area contributed by atoms with Gasteiger partial charge in [0.2, 0.25) is 0 Å². The van der Waals surface area contributed by atoms with Crippen LogP contribution in [-0.2, 0) is 0 Å². The lowest BCUT2D eigenvalue weighted by atomic mass is 10.2. The Kier molecular flexibility index (Phi) is 5.76. The van der Waals surface area contributed by atoms with Crippen molar-refractivity contribution < 1.29 is 9.47 Å². The van der Waals surface area contributed by atoms with Crippen LogP contribution in [-0.4, -0.2) is 23.2 Å². The number of aryl methyl sites for hydroxylation is 1. The summed E-state index contributed by atoms with van der Waals surface area (Å²) >= 11 is 0. The highest BCUT2D eigenvalue weighted by molar-refractivity contribution is 5.67. The SMILES string of the molecule is COc1ccc(C)cc1Nc1cc(Nc2ccc(OC(C)C)cc2)ncn1. The first kappa shape index (κ1) is 18.5. The van der Waals surface area contributed by atoms with Crippen LogP contribution >= 0.6 is 0 Å². The summed E-state index contributed by atoms with van der Waals surface area (Å²) in [6.07, 6.45) is 1.67. The van der Waals surface area contributed by atoms with Gasteiger partial charge in [-0.25, -0.2) is 9.97 Å². The predicted molar refractivity (Wildman–Crippen MR) is 109 cm³/mol. The molecule has 0 fully saturated rings. The standard InChI is InChI=1S/C21H24N4O2/c1-14(2)27-17-8-6-16(7-9-17)24-20-12-21(23-13-22-20)25-18-11-15(3)5-10-19(18)26-4/h5-14H,1-4H3,(H2,22,23,24,25). The van der Waals surface area contributed by atoms with Crippen LogP contribution in [0.5, 0.6) is 11.5 Å². The molecular formula is C21H24N4O2. The lowest BCUT2D eigenvalue weighted by Gasteiger charge is -2.13. The van der Waals surface area contributed by atoms with Crippen LogP contribution < -0.4 is 20.1 Å². The summed E-state index contributed by atoms with van der Waals surface area (Å²) in [6, 6.07) is 15.6. The molecule has 0 aliphatic carbocycles. The predicted octanol–water partition coefficient (Wildman–Crippen LogP) is 5.07. The molecule has 2 N–H and O–H groups in total. The molecule has 0 amide bonds. The van der Waals surface area contributed by atoms with Gasteiger partial charge in [0.05, 0.1) is 18.9 Å². The Labute approximate surface area is 159 Å². The third-order valence-electron chi connectivity index (χ3n) is 3.78. The van der Waals surface area contributed by atoms with Gasteiger partial charge in [0.25, 0.3) is 0 Å². The molecule has 0 aliphatic heterocycles. The molecule has 0 atom stereocenters. The number of nitrogens with zero attached hydrogens (tertiary/aromatic N) is 2. The molecule has 6 nitrogen and oxygen atoms in total. The van der Waals surface area contributed by atoms with Crippen molar-refractivity contribution in [1.82, 2.24) is 9.97 Å². The summed E-state index contributed by atoms with van der Waals surface area (Å²) in [7, 11) is 1.65. The number of methoxy groups -OCH3 is 1. The zero-order valence-electron chi connectivity index (χ0n) is 16.0. The van der Waals surface area contributed by atoms with Crippen LogP contribution in [0, 0.1) is 6.92 Å². The van der Waals surface area contributed by atoms with Gasteiger partial charge < -0.3 is 20.1 Å². The van der Waals surface area contributed by atoms with Gasteiger partial charge in [-0.15, -0.1) is 0 Å². The topological polar surface area (TPSA) is 68.3 Å². The van der Waals surface area contributed by atoms with Crippen molar-refractivity contribution >= 4 is 23.0 Å². The highest BCUT2D eigenvalue weighted by Gasteiger charge is 2.06. The molecule has 0 bridgehead atoms. The van der Waals surface area contributed by atoms with Crippen LogP contribution in [0.3, 0.4) is 0 Å². The normalized spacial score (nSPS) is 10.6. The zero-order valence-corrected chi connectivity index (χ0v) is 16.0. The van der Waals surface area contributed by atoms with Gasteiger partial charge in [0.1, 0.15) is 29.5 Å². The van der Waals surface area contributed by atoms with Crippen molar-refractivity contribution in [2.24, 2.45) is 0 Å². The molecule has 3 rings (SSSR count). The van der Waals surface area contributed by atoms with E-state index in [0.717, 1.165) is 28.4 Å². The summed E-state index contributed by atoms with van der Waals surface area (Å²) in [4.78, 5) is 8.57. The summed E-state index contributed by atoms with van der Waals surface area (Å²) in [5.41, 5.74) is 2.91. The van der Waals surface area contributed by atoms with Crippen LogP contribution in [0.4, 0.5) is 23.0 Å². The Hall–Kier alpha value is -3.28. The maximum Gasteiger partial charge on any atom is 0.142 e. The first-order chi connectivity index (χ1) is 13.0. The minimum atomic E-state index is 0.151. The van der Waals surface area contributed by atoms with Crippen molar-refractivity contribution in [3.63, 3.8) is 0 Å². The van der Waals surface area contributed by atoms with Crippen molar-refractivity contribution in [3.8, 4) is 11.5 Å².